The number of hydrogen-bond donors (Lipinski definition) is 0. The highest BCUT2D eigenvalue weighted by atomic mass is 35.5. The normalized spacial score (nSPS) is 14.2. The Morgan fingerprint density at radius 2 is 1.97 bits per heavy atom. The Bertz CT molecular complexity index is 1810. The van der Waals surface area contributed by atoms with Gasteiger partial charge >= 0.3 is 0 Å². The summed E-state index contributed by atoms with van der Waals surface area (Å²) < 4.78 is 7.71. The summed E-state index contributed by atoms with van der Waals surface area (Å²) in [5.74, 6) is -0.705. The fraction of sp³-hybridized carbons (Fsp3) is 0.167. The second-order valence-electron chi connectivity index (χ2n) is 8.02. The summed E-state index contributed by atoms with van der Waals surface area (Å²) in [6.07, 6.45) is 5.44. The van der Waals surface area contributed by atoms with Crippen LogP contribution in [0.4, 0.5) is 0 Å². The van der Waals surface area contributed by atoms with Crippen molar-refractivity contribution in [3.63, 3.8) is 0 Å². The lowest BCUT2D eigenvalue weighted by Crippen LogP contribution is -2.24. The molecule has 170 valence electrons. The van der Waals surface area contributed by atoms with Gasteiger partial charge in [-0.15, -0.1) is 11.3 Å². The third-order valence-electron chi connectivity index (χ3n) is 5.94. The van der Waals surface area contributed by atoms with E-state index in [-0.39, 0.29) is 21.7 Å². The molecule has 10 heteroatoms. The smallest absolute Gasteiger partial charge is 0.282 e. The van der Waals surface area contributed by atoms with E-state index in [0.717, 1.165) is 42.6 Å². The summed E-state index contributed by atoms with van der Waals surface area (Å²) in [7, 11) is 0. The van der Waals surface area contributed by atoms with Gasteiger partial charge in [-0.2, -0.15) is 4.98 Å². The number of carbonyl (C=O) groups excluding carboxylic acids is 1. The van der Waals surface area contributed by atoms with Crippen molar-refractivity contribution < 1.29 is 14.3 Å². The predicted octanol–water partition coefficient (Wildman–Crippen LogP) is 3.03. The molecule has 4 aromatic heterocycles. The Kier molecular flexibility index (Phi) is 4.94. The van der Waals surface area contributed by atoms with E-state index < -0.39 is 5.97 Å². The number of benzene rings is 1. The number of carboxylic acids is 1. The first-order valence-electron chi connectivity index (χ1n) is 10.5. The van der Waals surface area contributed by atoms with Crippen LogP contribution in [0.1, 0.15) is 39.4 Å². The molecule has 0 fully saturated rings. The molecule has 0 saturated carbocycles. The van der Waals surface area contributed by atoms with Crippen molar-refractivity contribution in [1.82, 2.24) is 9.38 Å². The number of halogens is 1. The van der Waals surface area contributed by atoms with Crippen LogP contribution in [-0.2, 0) is 12.8 Å². The molecule has 0 bridgehead atoms. The highest BCUT2D eigenvalue weighted by molar-refractivity contribution is 7.19. The van der Waals surface area contributed by atoms with Crippen molar-refractivity contribution in [3.8, 4) is 11.3 Å². The third-order valence-corrected chi connectivity index (χ3v) is 8.42. The van der Waals surface area contributed by atoms with Gasteiger partial charge in [0, 0.05) is 27.1 Å². The zero-order valence-electron chi connectivity index (χ0n) is 17.4. The quantitative estimate of drug-likeness (QED) is 0.370. The van der Waals surface area contributed by atoms with Gasteiger partial charge in [0.1, 0.15) is 20.9 Å². The monoisotopic (exact) mass is 509 g/mol. The molecule has 4 heterocycles. The number of aryl methyl sites for hydroxylation is 2. The number of carboxylic acid groups (broad SMARTS) is 1. The van der Waals surface area contributed by atoms with Gasteiger partial charge in [-0.25, -0.2) is 4.40 Å². The molecule has 0 saturated heterocycles. The molecule has 0 radical (unpaired) electrons. The fourth-order valence-electron chi connectivity index (χ4n) is 4.40. The van der Waals surface area contributed by atoms with Gasteiger partial charge in [0.25, 0.3) is 11.1 Å². The number of carbonyl (C=O) groups is 1. The summed E-state index contributed by atoms with van der Waals surface area (Å²) in [4.78, 5) is 43.9. The van der Waals surface area contributed by atoms with Crippen LogP contribution in [0.15, 0.2) is 44.3 Å². The lowest BCUT2D eigenvalue weighted by Gasteiger charge is -2.09. The Morgan fingerprint density at radius 3 is 2.79 bits per heavy atom. The van der Waals surface area contributed by atoms with Gasteiger partial charge < -0.3 is 14.3 Å². The van der Waals surface area contributed by atoms with Crippen molar-refractivity contribution in [2.45, 2.75) is 25.7 Å². The van der Waals surface area contributed by atoms with Crippen LogP contribution in [0.3, 0.4) is 0 Å². The van der Waals surface area contributed by atoms with E-state index in [2.05, 4.69) is 4.98 Å². The van der Waals surface area contributed by atoms with E-state index in [0.29, 0.717) is 36.8 Å². The molecular formula is C24H14ClN2O5S2-. The van der Waals surface area contributed by atoms with Crippen LogP contribution in [0, 0.1) is 0 Å². The molecule has 5 aromatic rings. The fourth-order valence-corrected chi connectivity index (χ4v) is 6.96. The molecule has 1 aromatic carbocycles. The van der Waals surface area contributed by atoms with Gasteiger partial charge in [0.05, 0.1) is 11.4 Å². The molecule has 6 rings (SSSR count). The van der Waals surface area contributed by atoms with Gasteiger partial charge in [0.15, 0.2) is 0 Å². The summed E-state index contributed by atoms with van der Waals surface area (Å²) in [6, 6.07) is 7.66. The summed E-state index contributed by atoms with van der Waals surface area (Å²) in [6.45, 7) is 0. The van der Waals surface area contributed by atoms with Crippen molar-refractivity contribution in [2.75, 3.05) is 0 Å². The Hall–Kier alpha value is -3.27. The number of thiazole rings is 1. The zero-order chi connectivity index (χ0) is 23.6. The van der Waals surface area contributed by atoms with Crippen molar-refractivity contribution in [3.05, 3.63) is 82.4 Å². The summed E-state index contributed by atoms with van der Waals surface area (Å²) in [5.41, 5.74) is 0.708. The van der Waals surface area contributed by atoms with Crippen LogP contribution >= 0.6 is 34.3 Å². The molecule has 34 heavy (non-hydrogen) atoms. The molecule has 0 atom stereocenters. The van der Waals surface area contributed by atoms with Gasteiger partial charge in [-0.1, -0.05) is 22.9 Å². The molecule has 0 aliphatic heterocycles. The molecule has 1 aliphatic carbocycles. The van der Waals surface area contributed by atoms with Crippen molar-refractivity contribution in [2.24, 2.45) is 0 Å². The number of aromatic carboxylic acids is 1. The number of furan rings is 1. The maximum Gasteiger partial charge on any atom is 0.282 e. The lowest BCUT2D eigenvalue weighted by molar-refractivity contribution is -0.254. The minimum absolute atomic E-state index is 0.0911. The van der Waals surface area contributed by atoms with Crippen LogP contribution < -0.4 is 20.8 Å². The van der Waals surface area contributed by atoms with Crippen LogP contribution in [-0.4, -0.2) is 15.4 Å². The number of aromatic nitrogens is 2. The average Bonchev–Trinajstić information content (AvgIpc) is 3.50. The van der Waals surface area contributed by atoms with E-state index in [4.69, 9.17) is 16.0 Å². The number of rotatable bonds is 3. The van der Waals surface area contributed by atoms with Crippen LogP contribution in [0.5, 0.6) is 0 Å². The molecule has 0 unspecified atom stereocenters. The zero-order valence-corrected chi connectivity index (χ0v) is 19.8. The van der Waals surface area contributed by atoms with E-state index in [1.807, 2.05) is 0 Å². The van der Waals surface area contributed by atoms with Crippen molar-refractivity contribution >= 4 is 61.5 Å². The van der Waals surface area contributed by atoms with Crippen LogP contribution in [0.2, 0.25) is 5.02 Å². The molecule has 0 amide bonds. The molecule has 0 spiro atoms. The average molecular weight is 510 g/mol. The van der Waals surface area contributed by atoms with Gasteiger partial charge in [-0.05, 0) is 61.6 Å². The first kappa shape index (κ1) is 21.3. The van der Waals surface area contributed by atoms with E-state index in [1.165, 1.54) is 26.7 Å². The minimum atomic E-state index is -1.37. The lowest BCUT2D eigenvalue weighted by atomic mass is 9.97. The maximum atomic E-state index is 13.3. The highest BCUT2D eigenvalue weighted by Crippen LogP contribution is 2.34. The standard InChI is InChI=1S/C24H15ClN2O5S2/c25-11-5-7-13(15(9-11)23(30)31)16-8-6-12(32-16)10-18-21(29)27-22-19(20(28)26-24(27)34-18)14-3-1-2-4-17(14)33-22/h5-10H,1-4H2,(H,30,31)/p-1. The van der Waals surface area contributed by atoms with E-state index >= 15 is 0 Å². The molecule has 0 N–H and O–H groups in total. The first-order valence-corrected chi connectivity index (χ1v) is 12.5. The second-order valence-corrected chi connectivity index (χ2v) is 10.6. The third kappa shape index (κ3) is 3.31. The van der Waals surface area contributed by atoms with Gasteiger partial charge in [0.2, 0.25) is 4.96 Å². The molecule has 1 aliphatic rings. The summed E-state index contributed by atoms with van der Waals surface area (Å²) in [5, 5.41) is 12.3. The Labute approximate surface area is 204 Å². The van der Waals surface area contributed by atoms with Crippen molar-refractivity contribution in [1.29, 1.82) is 0 Å². The Balaban J connectivity index is 1.51. The second kappa shape index (κ2) is 7.90. The first-order chi connectivity index (χ1) is 16.4. The maximum absolute atomic E-state index is 13.3. The number of hydrogen-bond acceptors (Lipinski definition) is 8. The predicted molar refractivity (Wildman–Crippen MR) is 130 cm³/mol. The number of thiophene rings is 1. The summed E-state index contributed by atoms with van der Waals surface area (Å²) >= 11 is 8.53. The number of nitrogens with zero attached hydrogens (tertiary/aromatic N) is 2. The largest absolute Gasteiger partial charge is 0.545 e. The van der Waals surface area contributed by atoms with E-state index in [9.17, 15) is 19.5 Å². The van der Waals surface area contributed by atoms with Gasteiger partial charge in [-0.3, -0.25) is 9.59 Å². The minimum Gasteiger partial charge on any atom is -0.545 e. The Morgan fingerprint density at radius 1 is 1.15 bits per heavy atom. The van der Waals surface area contributed by atoms with E-state index in [1.54, 1.807) is 30.3 Å². The molecule has 7 nitrogen and oxygen atoms in total. The van der Waals surface area contributed by atoms with Crippen LogP contribution in [0.25, 0.3) is 32.6 Å². The highest BCUT2D eigenvalue weighted by Gasteiger charge is 2.22. The SMILES string of the molecule is O=C([O-])c1cc(Cl)ccc1-c1ccc(C=c2sc3nc(=O)c4c5c(sc4n3c2=O)CCCC5)o1. The topological polar surface area (TPSA) is 105 Å². The number of fused-ring (bicyclic) bond motifs is 5. The molecular weight excluding hydrogens is 496 g/mol.